The average molecular weight is 633 g/mol. The molecule has 42 heavy (non-hydrogen) atoms. The maximum absolute atomic E-state index is 15.1. The van der Waals surface area contributed by atoms with Crippen LogP contribution in [0.3, 0.4) is 0 Å². The van der Waals surface area contributed by atoms with Crippen LogP contribution in [0.1, 0.15) is 52.9 Å². The van der Waals surface area contributed by atoms with Gasteiger partial charge in [0.15, 0.2) is 0 Å². The molecule has 4 rings (SSSR count). The summed E-state index contributed by atoms with van der Waals surface area (Å²) in [5.41, 5.74) is -1.35. The van der Waals surface area contributed by atoms with Gasteiger partial charge in [-0.25, -0.2) is 17.2 Å². The first-order chi connectivity index (χ1) is 19.0. The first-order valence-electron chi connectivity index (χ1n) is 13.3. The van der Waals surface area contributed by atoms with Crippen molar-refractivity contribution in [2.75, 3.05) is 12.8 Å². The van der Waals surface area contributed by atoms with Gasteiger partial charge in [-0.05, 0) is 37.2 Å². The van der Waals surface area contributed by atoms with Crippen LogP contribution in [0.2, 0.25) is 0 Å². The largest absolute Gasteiger partial charge is 0.471 e. The van der Waals surface area contributed by atoms with Crippen molar-refractivity contribution in [3.05, 3.63) is 11.2 Å². The third-order valence-electron chi connectivity index (χ3n) is 7.82. The molecule has 17 heteroatoms. The summed E-state index contributed by atoms with van der Waals surface area (Å²) in [4.78, 5) is 52.0. The number of hydrogen-bond acceptors (Lipinski definition) is 6. The molecular weight excluding hydrogens is 598 g/mol. The van der Waals surface area contributed by atoms with Crippen molar-refractivity contribution in [3.63, 3.8) is 0 Å². The molecule has 0 aromatic heterocycles. The zero-order chi connectivity index (χ0) is 32.0. The Labute approximate surface area is 238 Å². The van der Waals surface area contributed by atoms with E-state index in [1.54, 1.807) is 5.32 Å². The van der Waals surface area contributed by atoms with Gasteiger partial charge in [-0.2, -0.15) is 17.6 Å². The van der Waals surface area contributed by atoms with Crippen LogP contribution in [0.4, 0.5) is 26.3 Å². The Morgan fingerprint density at radius 1 is 1.12 bits per heavy atom. The maximum atomic E-state index is 15.1. The summed E-state index contributed by atoms with van der Waals surface area (Å²) in [5.74, 6) is -11.3. The number of fused-ring (bicyclic) bond motifs is 3. The molecule has 0 spiro atoms. The van der Waals surface area contributed by atoms with E-state index in [4.69, 9.17) is 0 Å². The minimum Gasteiger partial charge on any atom is -0.356 e. The molecule has 6 atom stereocenters. The Morgan fingerprint density at radius 3 is 2.21 bits per heavy atom. The number of hydrogen-bond donors (Lipinski definition) is 3. The lowest BCUT2D eigenvalue weighted by molar-refractivity contribution is -0.197. The number of halogens is 6. The Balaban J connectivity index is 2.00. The zero-order valence-corrected chi connectivity index (χ0v) is 24.2. The highest BCUT2D eigenvalue weighted by molar-refractivity contribution is 7.94. The molecule has 1 saturated carbocycles. The van der Waals surface area contributed by atoms with Crippen molar-refractivity contribution >= 4 is 33.5 Å². The number of carbonyl (C=O) groups excluding carboxylic acids is 4. The standard InChI is InChI=1S/C25H34F6N4O6S/c1-23(2,3)18(34-22(39)25(29,30)31)21(38)35-14-5-6-15(24(27,28)11-14)17(35)20(37)33-13(10-16(26)42(4,40)41)9-12-7-8-32-19(12)36/h10,12-15,17-18H,5-9,11H2,1-4H3,(H,32,36)(H,33,37)(H,34,39)/b16-10-/t12-,13+,14-,15-,17+,18-/m1/s1. The average Bonchev–Trinajstić information content (AvgIpc) is 3.22. The molecule has 3 aliphatic heterocycles. The predicted molar refractivity (Wildman–Crippen MR) is 136 cm³/mol. The smallest absolute Gasteiger partial charge is 0.356 e. The number of nitrogens with zero attached hydrogens (tertiary/aromatic N) is 1. The van der Waals surface area contributed by atoms with E-state index in [1.165, 1.54) is 20.8 Å². The van der Waals surface area contributed by atoms with E-state index in [2.05, 4.69) is 10.6 Å². The lowest BCUT2D eigenvalue weighted by Crippen LogP contribution is -2.71. The van der Waals surface area contributed by atoms with Crippen molar-refractivity contribution in [2.24, 2.45) is 17.3 Å². The SMILES string of the molecule is CC(C)(C)[C@H](NC(=O)C(F)(F)F)C(=O)N1[C@@H]2CC[C@H]([C@H]1C(=O)N[C@H](/C=C(/F)S(C)(=O)=O)C[C@H]1CCNC1=O)C(F)(F)C2. The van der Waals surface area contributed by atoms with E-state index in [-0.39, 0.29) is 32.2 Å². The third kappa shape index (κ3) is 7.37. The molecule has 238 valence electrons. The van der Waals surface area contributed by atoms with E-state index >= 15 is 8.78 Å². The van der Waals surface area contributed by atoms with Crippen LogP contribution in [-0.2, 0) is 29.0 Å². The number of nitrogens with one attached hydrogen (secondary N) is 3. The molecule has 4 aliphatic rings. The first kappa shape index (κ1) is 33.6. The van der Waals surface area contributed by atoms with Crippen molar-refractivity contribution in [2.45, 2.75) is 89.1 Å². The minimum atomic E-state index is -5.36. The predicted octanol–water partition coefficient (Wildman–Crippen LogP) is 1.96. The van der Waals surface area contributed by atoms with Crippen molar-refractivity contribution in [1.29, 1.82) is 0 Å². The number of rotatable bonds is 8. The molecule has 2 bridgehead atoms. The Morgan fingerprint density at radius 2 is 1.74 bits per heavy atom. The first-order valence-corrected chi connectivity index (χ1v) is 15.2. The molecule has 0 aromatic rings. The van der Waals surface area contributed by atoms with Gasteiger partial charge in [0.05, 0.1) is 12.0 Å². The monoisotopic (exact) mass is 632 g/mol. The fourth-order valence-corrected chi connectivity index (χ4v) is 6.14. The van der Waals surface area contributed by atoms with Crippen LogP contribution < -0.4 is 16.0 Å². The van der Waals surface area contributed by atoms with Crippen LogP contribution in [-0.4, -0.2) is 86.0 Å². The molecule has 4 amide bonds. The molecule has 4 fully saturated rings. The topological polar surface area (TPSA) is 142 Å². The molecule has 0 radical (unpaired) electrons. The van der Waals surface area contributed by atoms with Gasteiger partial charge in [0.2, 0.25) is 32.7 Å². The summed E-state index contributed by atoms with van der Waals surface area (Å²) in [5, 5.41) is 4.81. The quantitative estimate of drug-likeness (QED) is 0.350. The van der Waals surface area contributed by atoms with Gasteiger partial charge in [0, 0.05) is 31.2 Å². The molecular formula is C25H34F6N4O6S. The minimum absolute atomic E-state index is 0.00808. The zero-order valence-electron chi connectivity index (χ0n) is 23.4. The number of alkyl halides is 5. The van der Waals surface area contributed by atoms with E-state index in [0.717, 1.165) is 4.90 Å². The van der Waals surface area contributed by atoms with Gasteiger partial charge < -0.3 is 20.9 Å². The highest BCUT2D eigenvalue weighted by atomic mass is 32.2. The van der Waals surface area contributed by atoms with E-state index in [1.807, 2.05) is 0 Å². The molecule has 1 aliphatic carbocycles. The summed E-state index contributed by atoms with van der Waals surface area (Å²) in [6.07, 6.45) is -5.38. The molecule has 0 aromatic carbocycles. The van der Waals surface area contributed by atoms with Gasteiger partial charge in [-0.3, -0.25) is 19.2 Å². The second kappa shape index (κ2) is 11.7. The number of carbonyl (C=O) groups is 4. The molecule has 0 unspecified atom stereocenters. The summed E-state index contributed by atoms with van der Waals surface area (Å²) in [6.45, 7) is 4.31. The number of sulfone groups is 1. The molecule has 3 saturated heterocycles. The fraction of sp³-hybridized carbons (Fsp3) is 0.760. The molecule has 3 N–H and O–H groups in total. The van der Waals surface area contributed by atoms with Crippen molar-refractivity contribution < 1.29 is 53.9 Å². The van der Waals surface area contributed by atoms with Crippen molar-refractivity contribution in [3.8, 4) is 0 Å². The summed E-state index contributed by atoms with van der Waals surface area (Å²) >= 11 is 0. The lowest BCUT2D eigenvalue weighted by atomic mass is 9.70. The van der Waals surface area contributed by atoms with Gasteiger partial charge >= 0.3 is 12.1 Å². The second-order valence-electron chi connectivity index (χ2n) is 12.1. The highest BCUT2D eigenvalue weighted by Gasteiger charge is 2.61. The summed E-state index contributed by atoms with van der Waals surface area (Å²) in [6, 6.07) is -6.56. The van der Waals surface area contributed by atoms with E-state index < -0.39 is 98.6 Å². The number of piperidine rings is 2. The van der Waals surface area contributed by atoms with Crippen LogP contribution >= 0.6 is 0 Å². The third-order valence-corrected chi connectivity index (χ3v) is 8.66. The van der Waals surface area contributed by atoms with E-state index in [9.17, 15) is 45.2 Å². The lowest BCUT2D eigenvalue weighted by Gasteiger charge is -2.55. The Bertz CT molecular complexity index is 1250. The molecule has 10 nitrogen and oxygen atoms in total. The summed E-state index contributed by atoms with van der Waals surface area (Å²) in [7, 11) is -4.38. The van der Waals surface area contributed by atoms with Crippen LogP contribution in [0.15, 0.2) is 11.2 Å². The Kier molecular flexibility index (Phi) is 9.36. The van der Waals surface area contributed by atoms with Crippen LogP contribution in [0, 0.1) is 17.3 Å². The number of amides is 4. The Hall–Kier alpha value is -2.85. The normalized spacial score (nSPS) is 27.7. The second-order valence-corrected chi connectivity index (χ2v) is 14.1. The van der Waals surface area contributed by atoms with Gasteiger partial charge in [-0.1, -0.05) is 20.8 Å². The molecule has 3 heterocycles. The van der Waals surface area contributed by atoms with Gasteiger partial charge in [-0.15, -0.1) is 0 Å². The van der Waals surface area contributed by atoms with Crippen molar-refractivity contribution in [1.82, 2.24) is 20.9 Å². The highest BCUT2D eigenvalue weighted by Crippen LogP contribution is 2.49. The van der Waals surface area contributed by atoms with Gasteiger partial charge in [0.25, 0.3) is 5.92 Å². The fourth-order valence-electron chi connectivity index (χ4n) is 5.73. The van der Waals surface area contributed by atoms with E-state index in [0.29, 0.717) is 12.3 Å². The van der Waals surface area contributed by atoms with Crippen LogP contribution in [0.5, 0.6) is 0 Å². The van der Waals surface area contributed by atoms with Crippen LogP contribution in [0.25, 0.3) is 0 Å². The maximum Gasteiger partial charge on any atom is 0.471 e. The van der Waals surface area contributed by atoms with Gasteiger partial charge in [0.1, 0.15) is 12.1 Å². The summed E-state index contributed by atoms with van der Waals surface area (Å²) < 4.78 is 107.